The Labute approximate surface area is 149 Å². The summed E-state index contributed by atoms with van der Waals surface area (Å²) in [5, 5.41) is 12.3. The van der Waals surface area contributed by atoms with Crippen molar-refractivity contribution in [1.82, 2.24) is 15.3 Å². The second-order valence-corrected chi connectivity index (χ2v) is 6.05. The normalized spacial score (nSPS) is 11.4. The molecule has 0 aliphatic carbocycles. The van der Waals surface area contributed by atoms with E-state index in [1.807, 2.05) is 0 Å². The van der Waals surface area contributed by atoms with Gasteiger partial charge in [-0.1, -0.05) is 26.0 Å². The van der Waals surface area contributed by atoms with Crippen LogP contribution in [0.25, 0.3) is 11.3 Å². The Kier molecular flexibility index (Phi) is 6.52. The van der Waals surface area contributed by atoms with Crippen molar-refractivity contribution in [3.63, 3.8) is 0 Å². The fourth-order valence-corrected chi connectivity index (χ4v) is 2.17. The number of alkyl halides is 3. The van der Waals surface area contributed by atoms with E-state index in [0.29, 0.717) is 19.1 Å². The molecule has 0 amide bonds. The van der Waals surface area contributed by atoms with E-state index in [1.54, 1.807) is 6.07 Å². The number of benzene rings is 1. The Bertz CT molecular complexity index is 785. The SMILES string of the molecule is CC(C)CNCCOc1cc(-c2cccc(C(F)(F)F)c2)nc(C#N)n1. The zero-order chi connectivity index (χ0) is 19.2. The van der Waals surface area contributed by atoms with Crippen LogP contribution in [0.4, 0.5) is 13.2 Å². The second-order valence-electron chi connectivity index (χ2n) is 6.05. The summed E-state index contributed by atoms with van der Waals surface area (Å²) in [7, 11) is 0. The lowest BCUT2D eigenvalue weighted by Gasteiger charge is -2.11. The second kappa shape index (κ2) is 8.63. The summed E-state index contributed by atoms with van der Waals surface area (Å²) >= 11 is 0. The summed E-state index contributed by atoms with van der Waals surface area (Å²) < 4.78 is 44.2. The summed E-state index contributed by atoms with van der Waals surface area (Å²) in [5.41, 5.74) is -0.346. The summed E-state index contributed by atoms with van der Waals surface area (Å²) in [5.74, 6) is 0.493. The molecule has 2 rings (SSSR count). The molecule has 1 heterocycles. The number of aromatic nitrogens is 2. The summed E-state index contributed by atoms with van der Waals surface area (Å²) in [6, 6.07) is 7.98. The molecule has 26 heavy (non-hydrogen) atoms. The molecule has 0 atom stereocenters. The van der Waals surface area contributed by atoms with E-state index in [0.717, 1.165) is 18.7 Å². The van der Waals surface area contributed by atoms with E-state index in [2.05, 4.69) is 29.1 Å². The molecular formula is C18H19F3N4O. The van der Waals surface area contributed by atoms with Crippen molar-refractivity contribution in [3.05, 3.63) is 41.7 Å². The standard InChI is InChI=1S/C18H19F3N4O/c1-12(2)11-23-6-7-26-17-9-15(24-16(10-22)25-17)13-4-3-5-14(8-13)18(19,20)21/h3-5,8-9,12,23H,6-7,11H2,1-2H3. The molecule has 1 aromatic heterocycles. The predicted octanol–water partition coefficient (Wildman–Crippen LogP) is 3.66. The van der Waals surface area contributed by atoms with Crippen LogP contribution in [0.15, 0.2) is 30.3 Å². The predicted molar refractivity (Wildman–Crippen MR) is 90.4 cm³/mol. The maximum absolute atomic E-state index is 12.9. The van der Waals surface area contributed by atoms with Gasteiger partial charge in [0.15, 0.2) is 0 Å². The molecule has 5 nitrogen and oxygen atoms in total. The molecule has 0 saturated heterocycles. The lowest BCUT2D eigenvalue weighted by atomic mass is 10.1. The first-order valence-corrected chi connectivity index (χ1v) is 8.10. The fraction of sp³-hybridized carbons (Fsp3) is 0.389. The first-order valence-electron chi connectivity index (χ1n) is 8.10. The Hall–Kier alpha value is -2.66. The first-order chi connectivity index (χ1) is 12.3. The van der Waals surface area contributed by atoms with Gasteiger partial charge in [0.2, 0.25) is 11.7 Å². The number of nitriles is 1. The van der Waals surface area contributed by atoms with Gasteiger partial charge in [-0.05, 0) is 24.6 Å². The smallest absolute Gasteiger partial charge is 0.416 e. The molecular weight excluding hydrogens is 345 g/mol. The van der Waals surface area contributed by atoms with Gasteiger partial charge in [-0.3, -0.25) is 0 Å². The third-order valence-corrected chi connectivity index (χ3v) is 3.37. The molecule has 1 N–H and O–H groups in total. The zero-order valence-electron chi connectivity index (χ0n) is 14.5. The maximum Gasteiger partial charge on any atom is 0.416 e. The third-order valence-electron chi connectivity index (χ3n) is 3.37. The van der Waals surface area contributed by atoms with Crippen LogP contribution in [0, 0.1) is 17.2 Å². The largest absolute Gasteiger partial charge is 0.476 e. The molecule has 138 valence electrons. The van der Waals surface area contributed by atoms with Crippen LogP contribution in [0.5, 0.6) is 5.88 Å². The monoisotopic (exact) mass is 364 g/mol. The number of nitrogens with zero attached hydrogens (tertiary/aromatic N) is 3. The molecule has 0 aliphatic rings. The molecule has 0 bridgehead atoms. The fourth-order valence-electron chi connectivity index (χ4n) is 2.17. The van der Waals surface area contributed by atoms with Crippen LogP contribution in [0.3, 0.4) is 0 Å². The minimum Gasteiger partial charge on any atom is -0.476 e. The van der Waals surface area contributed by atoms with Crippen molar-refractivity contribution in [2.75, 3.05) is 19.7 Å². The lowest BCUT2D eigenvalue weighted by molar-refractivity contribution is -0.137. The summed E-state index contributed by atoms with van der Waals surface area (Å²) in [4.78, 5) is 7.91. The van der Waals surface area contributed by atoms with Crippen LogP contribution in [0.1, 0.15) is 25.2 Å². The zero-order valence-corrected chi connectivity index (χ0v) is 14.5. The van der Waals surface area contributed by atoms with Crippen LogP contribution >= 0.6 is 0 Å². The minimum absolute atomic E-state index is 0.148. The van der Waals surface area contributed by atoms with Crippen molar-refractivity contribution >= 4 is 0 Å². The number of ether oxygens (including phenoxy) is 1. The first kappa shape index (κ1) is 19.7. The highest BCUT2D eigenvalue weighted by atomic mass is 19.4. The Morgan fingerprint density at radius 3 is 2.65 bits per heavy atom. The third kappa shape index (κ3) is 5.70. The lowest BCUT2D eigenvalue weighted by Crippen LogP contribution is -2.25. The van der Waals surface area contributed by atoms with E-state index in [4.69, 9.17) is 10.00 Å². The van der Waals surface area contributed by atoms with Crippen LogP contribution in [-0.2, 0) is 6.18 Å². The Balaban J connectivity index is 2.18. The van der Waals surface area contributed by atoms with Crippen molar-refractivity contribution in [2.24, 2.45) is 5.92 Å². The van der Waals surface area contributed by atoms with Crippen molar-refractivity contribution < 1.29 is 17.9 Å². The molecule has 1 aromatic carbocycles. The minimum atomic E-state index is -4.46. The van der Waals surface area contributed by atoms with Gasteiger partial charge in [0, 0.05) is 18.2 Å². The van der Waals surface area contributed by atoms with Gasteiger partial charge in [-0.25, -0.2) is 4.98 Å². The van der Waals surface area contributed by atoms with E-state index in [1.165, 1.54) is 18.2 Å². The summed E-state index contributed by atoms with van der Waals surface area (Å²) in [6.45, 7) is 5.91. The topological polar surface area (TPSA) is 70.8 Å². The number of halogens is 3. The molecule has 0 fully saturated rings. The van der Waals surface area contributed by atoms with Gasteiger partial charge in [-0.15, -0.1) is 0 Å². The number of rotatable bonds is 7. The van der Waals surface area contributed by atoms with E-state index >= 15 is 0 Å². The molecule has 0 radical (unpaired) electrons. The van der Waals surface area contributed by atoms with Gasteiger partial charge in [0.05, 0.1) is 11.3 Å². The van der Waals surface area contributed by atoms with E-state index < -0.39 is 11.7 Å². The van der Waals surface area contributed by atoms with Crippen molar-refractivity contribution in [2.45, 2.75) is 20.0 Å². The van der Waals surface area contributed by atoms with Crippen LogP contribution in [0.2, 0.25) is 0 Å². The van der Waals surface area contributed by atoms with Crippen molar-refractivity contribution in [1.29, 1.82) is 5.26 Å². The van der Waals surface area contributed by atoms with Gasteiger partial charge >= 0.3 is 6.18 Å². The van der Waals surface area contributed by atoms with Gasteiger partial charge < -0.3 is 10.1 Å². The van der Waals surface area contributed by atoms with Gasteiger partial charge in [0.1, 0.15) is 12.7 Å². The highest BCUT2D eigenvalue weighted by Crippen LogP contribution is 2.32. The molecule has 0 saturated carbocycles. The summed E-state index contributed by atoms with van der Waals surface area (Å²) in [6.07, 6.45) is -4.46. The Morgan fingerprint density at radius 1 is 1.23 bits per heavy atom. The average Bonchev–Trinajstić information content (AvgIpc) is 2.60. The maximum atomic E-state index is 12.9. The number of hydrogen-bond acceptors (Lipinski definition) is 5. The van der Waals surface area contributed by atoms with E-state index in [-0.39, 0.29) is 23.0 Å². The Morgan fingerprint density at radius 2 is 2.00 bits per heavy atom. The van der Waals surface area contributed by atoms with Crippen LogP contribution in [-0.4, -0.2) is 29.7 Å². The highest BCUT2D eigenvalue weighted by molar-refractivity contribution is 5.61. The molecule has 0 aliphatic heterocycles. The number of nitrogens with one attached hydrogen (secondary N) is 1. The molecule has 0 spiro atoms. The highest BCUT2D eigenvalue weighted by Gasteiger charge is 2.30. The van der Waals surface area contributed by atoms with Crippen molar-refractivity contribution in [3.8, 4) is 23.2 Å². The number of hydrogen-bond donors (Lipinski definition) is 1. The van der Waals surface area contributed by atoms with E-state index in [9.17, 15) is 13.2 Å². The van der Waals surface area contributed by atoms with Gasteiger partial charge in [0.25, 0.3) is 0 Å². The van der Waals surface area contributed by atoms with Crippen LogP contribution < -0.4 is 10.1 Å². The molecule has 0 unspecified atom stereocenters. The quantitative estimate of drug-likeness (QED) is 0.759. The van der Waals surface area contributed by atoms with Gasteiger partial charge in [-0.2, -0.15) is 23.4 Å². The average molecular weight is 364 g/mol. The molecule has 8 heteroatoms. The molecule has 2 aromatic rings.